The van der Waals surface area contributed by atoms with Crippen molar-refractivity contribution >= 4 is 22.6 Å². The Balaban J connectivity index is 1.73. The zero-order valence-electron chi connectivity index (χ0n) is 13.0. The number of aromatic amines is 2. The van der Waals surface area contributed by atoms with Crippen LogP contribution in [-0.2, 0) is 6.42 Å². The minimum absolute atomic E-state index is 0.163. The molecule has 1 aromatic heterocycles. The van der Waals surface area contributed by atoms with Crippen LogP contribution in [0.2, 0.25) is 0 Å². The van der Waals surface area contributed by atoms with Gasteiger partial charge in [0.1, 0.15) is 0 Å². The minimum atomic E-state index is -0.258. The van der Waals surface area contributed by atoms with Gasteiger partial charge < -0.3 is 15.3 Å². The Bertz CT molecular complexity index is 875. The lowest BCUT2D eigenvalue weighted by molar-refractivity contribution is 0.102. The first-order valence-corrected chi connectivity index (χ1v) is 7.78. The number of H-pyrrole nitrogens is 2. The highest BCUT2D eigenvalue weighted by atomic mass is 16.2. The number of benzene rings is 2. The predicted octanol–water partition coefficient (Wildman–Crippen LogP) is 3.45. The number of carbonyl (C=O) groups is 1. The van der Waals surface area contributed by atoms with E-state index in [4.69, 9.17) is 0 Å². The second-order valence-corrected chi connectivity index (χ2v) is 5.59. The van der Waals surface area contributed by atoms with Gasteiger partial charge in [0.15, 0.2) is 0 Å². The standard InChI is InChI=1S/C18H19N3O2/c1-2-3-4-12-5-7-13(8-6-12)17(22)19-14-9-10-15-16(11-14)21-18(23)20-15/h5-11H,2-4H2,1H3,(H,19,22)(H2,20,21,23). The van der Waals surface area contributed by atoms with Gasteiger partial charge in [-0.1, -0.05) is 25.5 Å². The van der Waals surface area contributed by atoms with Gasteiger partial charge in [0.05, 0.1) is 11.0 Å². The molecule has 5 heteroatoms. The van der Waals surface area contributed by atoms with Gasteiger partial charge in [0.25, 0.3) is 5.91 Å². The Morgan fingerprint density at radius 2 is 1.78 bits per heavy atom. The maximum atomic E-state index is 12.3. The summed E-state index contributed by atoms with van der Waals surface area (Å²) in [7, 11) is 0. The van der Waals surface area contributed by atoms with Crippen LogP contribution >= 0.6 is 0 Å². The number of rotatable bonds is 5. The summed E-state index contributed by atoms with van der Waals surface area (Å²) >= 11 is 0. The number of amides is 1. The number of hydrogen-bond donors (Lipinski definition) is 3. The van der Waals surface area contributed by atoms with Crippen LogP contribution in [0.1, 0.15) is 35.7 Å². The van der Waals surface area contributed by atoms with Crippen molar-refractivity contribution in [2.24, 2.45) is 0 Å². The van der Waals surface area contributed by atoms with Gasteiger partial charge >= 0.3 is 5.69 Å². The normalized spacial score (nSPS) is 10.8. The van der Waals surface area contributed by atoms with Crippen LogP contribution < -0.4 is 11.0 Å². The molecule has 0 spiro atoms. The van der Waals surface area contributed by atoms with Crippen LogP contribution in [0.15, 0.2) is 47.3 Å². The molecule has 0 radical (unpaired) electrons. The highest BCUT2D eigenvalue weighted by Gasteiger charge is 2.07. The van der Waals surface area contributed by atoms with Crippen LogP contribution in [-0.4, -0.2) is 15.9 Å². The van der Waals surface area contributed by atoms with Crippen molar-refractivity contribution in [2.75, 3.05) is 5.32 Å². The van der Waals surface area contributed by atoms with Crippen LogP contribution in [0.4, 0.5) is 5.69 Å². The number of aromatic nitrogens is 2. The second kappa shape index (κ2) is 6.52. The quantitative estimate of drug-likeness (QED) is 0.675. The summed E-state index contributed by atoms with van der Waals surface area (Å²) in [5.74, 6) is -0.163. The fraction of sp³-hybridized carbons (Fsp3) is 0.222. The summed E-state index contributed by atoms with van der Waals surface area (Å²) in [5, 5.41) is 2.85. The van der Waals surface area contributed by atoms with Gasteiger partial charge in [0, 0.05) is 11.3 Å². The van der Waals surface area contributed by atoms with Crippen molar-refractivity contribution in [1.29, 1.82) is 0 Å². The SMILES string of the molecule is CCCCc1ccc(C(=O)Nc2ccc3[nH]c(=O)[nH]c3c2)cc1. The largest absolute Gasteiger partial charge is 0.323 e. The lowest BCUT2D eigenvalue weighted by Gasteiger charge is -2.06. The molecule has 0 unspecified atom stereocenters. The molecule has 5 nitrogen and oxygen atoms in total. The first-order chi connectivity index (χ1) is 11.2. The van der Waals surface area contributed by atoms with Crippen LogP contribution in [0, 0.1) is 0 Å². The molecular weight excluding hydrogens is 290 g/mol. The summed E-state index contributed by atoms with van der Waals surface area (Å²) in [6.45, 7) is 2.16. The third-order valence-corrected chi connectivity index (χ3v) is 3.81. The molecular formula is C18H19N3O2. The van der Waals surface area contributed by atoms with E-state index in [1.54, 1.807) is 18.2 Å². The number of imidazole rings is 1. The van der Waals surface area contributed by atoms with E-state index in [-0.39, 0.29) is 11.6 Å². The van der Waals surface area contributed by atoms with Crippen molar-refractivity contribution in [2.45, 2.75) is 26.2 Å². The van der Waals surface area contributed by atoms with E-state index < -0.39 is 0 Å². The zero-order valence-corrected chi connectivity index (χ0v) is 13.0. The number of anilines is 1. The molecule has 2 aromatic carbocycles. The van der Waals surface area contributed by atoms with E-state index in [0.717, 1.165) is 19.3 Å². The lowest BCUT2D eigenvalue weighted by Crippen LogP contribution is -2.11. The Hall–Kier alpha value is -2.82. The summed E-state index contributed by atoms with van der Waals surface area (Å²) in [5.41, 5.74) is 3.64. The summed E-state index contributed by atoms with van der Waals surface area (Å²) in [6.07, 6.45) is 3.35. The summed E-state index contributed by atoms with van der Waals surface area (Å²) in [4.78, 5) is 28.9. The monoisotopic (exact) mass is 309 g/mol. The Morgan fingerprint density at radius 1 is 1.04 bits per heavy atom. The molecule has 0 aliphatic rings. The number of unbranched alkanes of at least 4 members (excludes halogenated alkanes) is 1. The van der Waals surface area contributed by atoms with Gasteiger partial charge in [-0.2, -0.15) is 0 Å². The Morgan fingerprint density at radius 3 is 2.52 bits per heavy atom. The van der Waals surface area contributed by atoms with E-state index in [2.05, 4.69) is 22.2 Å². The third-order valence-electron chi connectivity index (χ3n) is 3.81. The molecule has 3 aromatic rings. The molecule has 0 aliphatic carbocycles. The van der Waals surface area contributed by atoms with Crippen molar-refractivity contribution in [3.8, 4) is 0 Å². The van der Waals surface area contributed by atoms with Gasteiger partial charge in [-0.05, 0) is 48.7 Å². The molecule has 0 saturated carbocycles. The molecule has 23 heavy (non-hydrogen) atoms. The zero-order chi connectivity index (χ0) is 16.2. The number of aryl methyl sites for hydroxylation is 1. The smallest absolute Gasteiger partial charge is 0.322 e. The molecule has 0 atom stereocenters. The number of fused-ring (bicyclic) bond motifs is 1. The molecule has 1 amide bonds. The Labute approximate surface area is 133 Å². The van der Waals surface area contributed by atoms with E-state index in [0.29, 0.717) is 22.3 Å². The fourth-order valence-electron chi connectivity index (χ4n) is 2.52. The first kappa shape index (κ1) is 15.1. The highest BCUT2D eigenvalue weighted by Crippen LogP contribution is 2.16. The van der Waals surface area contributed by atoms with Gasteiger partial charge in [-0.25, -0.2) is 4.79 Å². The number of nitrogens with one attached hydrogen (secondary N) is 3. The fourth-order valence-corrected chi connectivity index (χ4v) is 2.52. The van der Waals surface area contributed by atoms with Gasteiger partial charge in [-0.3, -0.25) is 4.79 Å². The van der Waals surface area contributed by atoms with Crippen molar-refractivity contribution in [3.63, 3.8) is 0 Å². The number of hydrogen-bond acceptors (Lipinski definition) is 2. The maximum absolute atomic E-state index is 12.3. The van der Waals surface area contributed by atoms with E-state index in [9.17, 15) is 9.59 Å². The topological polar surface area (TPSA) is 77.8 Å². The molecule has 0 saturated heterocycles. The van der Waals surface area contributed by atoms with Crippen molar-refractivity contribution < 1.29 is 4.79 Å². The Kier molecular flexibility index (Phi) is 4.28. The molecule has 1 heterocycles. The summed E-state index contributed by atoms with van der Waals surface area (Å²) in [6, 6.07) is 12.9. The van der Waals surface area contributed by atoms with E-state index in [1.165, 1.54) is 5.56 Å². The van der Waals surface area contributed by atoms with Gasteiger partial charge in [0.2, 0.25) is 0 Å². The van der Waals surface area contributed by atoms with Crippen LogP contribution in [0.3, 0.4) is 0 Å². The third kappa shape index (κ3) is 3.51. The predicted molar refractivity (Wildman–Crippen MR) is 91.9 cm³/mol. The lowest BCUT2D eigenvalue weighted by atomic mass is 10.1. The van der Waals surface area contributed by atoms with Crippen molar-refractivity contribution in [3.05, 3.63) is 64.1 Å². The van der Waals surface area contributed by atoms with Crippen molar-refractivity contribution in [1.82, 2.24) is 9.97 Å². The molecule has 3 N–H and O–H groups in total. The molecule has 0 fully saturated rings. The second-order valence-electron chi connectivity index (χ2n) is 5.59. The average Bonchev–Trinajstić information content (AvgIpc) is 2.92. The highest BCUT2D eigenvalue weighted by molar-refractivity contribution is 6.04. The summed E-state index contributed by atoms with van der Waals surface area (Å²) < 4.78 is 0. The molecule has 118 valence electrons. The molecule has 0 bridgehead atoms. The molecule has 0 aliphatic heterocycles. The molecule has 3 rings (SSSR count). The van der Waals surface area contributed by atoms with Crippen LogP contribution in [0.5, 0.6) is 0 Å². The van der Waals surface area contributed by atoms with E-state index in [1.807, 2.05) is 24.3 Å². The maximum Gasteiger partial charge on any atom is 0.323 e. The van der Waals surface area contributed by atoms with Gasteiger partial charge in [-0.15, -0.1) is 0 Å². The number of carbonyl (C=O) groups excluding carboxylic acids is 1. The van der Waals surface area contributed by atoms with Crippen LogP contribution in [0.25, 0.3) is 11.0 Å². The van der Waals surface area contributed by atoms with E-state index >= 15 is 0 Å². The minimum Gasteiger partial charge on any atom is -0.322 e. The average molecular weight is 309 g/mol. The first-order valence-electron chi connectivity index (χ1n) is 7.78.